The third-order valence-electron chi connectivity index (χ3n) is 3.19. The molecule has 1 aliphatic heterocycles. The summed E-state index contributed by atoms with van der Waals surface area (Å²) in [6.45, 7) is 2.34. The number of amides is 1. The Hall–Kier alpha value is -1.10. The zero-order chi connectivity index (χ0) is 14.2. The van der Waals surface area contributed by atoms with Crippen molar-refractivity contribution in [3.8, 4) is 0 Å². The Balaban J connectivity index is 1.58. The lowest BCUT2D eigenvalue weighted by molar-refractivity contribution is -0.124. The highest BCUT2D eigenvalue weighted by Gasteiger charge is 2.14. The van der Waals surface area contributed by atoms with Crippen LogP contribution in [0, 0.1) is 0 Å². The Morgan fingerprint density at radius 3 is 2.80 bits per heavy atom. The number of nitrogens with one attached hydrogen (secondary N) is 1. The van der Waals surface area contributed by atoms with Crippen LogP contribution in [0.15, 0.2) is 24.3 Å². The summed E-state index contributed by atoms with van der Waals surface area (Å²) in [6, 6.07) is 7.73. The SMILES string of the molecule is O=C(CCCc1ccc(Cl)cc1)NCC1COCCO1. The van der Waals surface area contributed by atoms with Crippen LogP contribution in [0.5, 0.6) is 0 Å². The van der Waals surface area contributed by atoms with Gasteiger partial charge in [0, 0.05) is 18.0 Å². The number of rotatable bonds is 6. The Labute approximate surface area is 124 Å². The van der Waals surface area contributed by atoms with Crippen molar-refractivity contribution in [3.05, 3.63) is 34.9 Å². The third kappa shape index (κ3) is 5.49. The van der Waals surface area contributed by atoms with Gasteiger partial charge in [-0.15, -0.1) is 0 Å². The molecule has 4 nitrogen and oxygen atoms in total. The molecule has 5 heteroatoms. The first-order chi connectivity index (χ1) is 9.74. The molecule has 0 aliphatic carbocycles. The van der Waals surface area contributed by atoms with E-state index in [1.807, 2.05) is 24.3 Å². The first-order valence-electron chi connectivity index (χ1n) is 6.94. The molecule has 0 saturated carbocycles. The summed E-state index contributed by atoms with van der Waals surface area (Å²) in [5.74, 6) is 0.0631. The number of carbonyl (C=O) groups is 1. The maximum atomic E-state index is 11.7. The van der Waals surface area contributed by atoms with Crippen LogP contribution in [0.25, 0.3) is 0 Å². The van der Waals surface area contributed by atoms with Crippen LogP contribution >= 0.6 is 11.6 Å². The Morgan fingerprint density at radius 2 is 2.10 bits per heavy atom. The van der Waals surface area contributed by atoms with Crippen molar-refractivity contribution in [1.29, 1.82) is 0 Å². The minimum absolute atomic E-state index is 0.0102. The van der Waals surface area contributed by atoms with Crippen LogP contribution in [-0.2, 0) is 20.7 Å². The molecule has 1 N–H and O–H groups in total. The highest BCUT2D eigenvalue weighted by molar-refractivity contribution is 6.30. The Morgan fingerprint density at radius 1 is 1.30 bits per heavy atom. The highest BCUT2D eigenvalue weighted by Crippen LogP contribution is 2.11. The number of ether oxygens (including phenoxy) is 2. The van der Waals surface area contributed by atoms with Crippen LogP contribution in [0.2, 0.25) is 5.02 Å². The molecule has 1 amide bonds. The van der Waals surface area contributed by atoms with Gasteiger partial charge in [0.25, 0.3) is 0 Å². The maximum Gasteiger partial charge on any atom is 0.220 e. The van der Waals surface area contributed by atoms with Gasteiger partial charge in [0.15, 0.2) is 0 Å². The number of aryl methyl sites for hydroxylation is 1. The van der Waals surface area contributed by atoms with E-state index >= 15 is 0 Å². The number of benzene rings is 1. The molecule has 1 unspecified atom stereocenters. The lowest BCUT2D eigenvalue weighted by Gasteiger charge is -2.23. The summed E-state index contributed by atoms with van der Waals surface area (Å²) in [4.78, 5) is 11.7. The van der Waals surface area contributed by atoms with E-state index < -0.39 is 0 Å². The first-order valence-corrected chi connectivity index (χ1v) is 7.32. The van der Waals surface area contributed by atoms with E-state index in [0.717, 1.165) is 17.9 Å². The summed E-state index contributed by atoms with van der Waals surface area (Å²) in [5, 5.41) is 3.62. The second-order valence-corrected chi connectivity index (χ2v) is 5.29. The van der Waals surface area contributed by atoms with Gasteiger partial charge in [-0.25, -0.2) is 0 Å². The molecule has 1 saturated heterocycles. The lowest BCUT2D eigenvalue weighted by Crippen LogP contribution is -2.39. The minimum Gasteiger partial charge on any atom is -0.376 e. The van der Waals surface area contributed by atoms with E-state index in [1.54, 1.807) is 0 Å². The van der Waals surface area contributed by atoms with Crippen molar-refractivity contribution in [2.24, 2.45) is 0 Å². The van der Waals surface area contributed by atoms with Gasteiger partial charge in [-0.3, -0.25) is 4.79 Å². The topological polar surface area (TPSA) is 47.6 Å². The van der Waals surface area contributed by atoms with Crippen LogP contribution < -0.4 is 5.32 Å². The van der Waals surface area contributed by atoms with Gasteiger partial charge >= 0.3 is 0 Å². The van der Waals surface area contributed by atoms with Crippen LogP contribution in [0.4, 0.5) is 0 Å². The largest absolute Gasteiger partial charge is 0.376 e. The molecule has 1 aromatic carbocycles. The number of hydrogen-bond donors (Lipinski definition) is 1. The van der Waals surface area contributed by atoms with E-state index in [4.69, 9.17) is 21.1 Å². The molecule has 0 bridgehead atoms. The fourth-order valence-corrected chi connectivity index (χ4v) is 2.20. The summed E-state index contributed by atoms with van der Waals surface area (Å²) in [6.07, 6.45) is 2.23. The van der Waals surface area contributed by atoms with E-state index in [0.29, 0.717) is 32.8 Å². The van der Waals surface area contributed by atoms with Crippen molar-refractivity contribution in [2.75, 3.05) is 26.4 Å². The molecule has 1 heterocycles. The Bertz CT molecular complexity index is 416. The number of halogens is 1. The van der Waals surface area contributed by atoms with Crippen molar-refractivity contribution in [2.45, 2.75) is 25.4 Å². The predicted octanol–water partition coefficient (Wildman–Crippen LogP) is 2.19. The smallest absolute Gasteiger partial charge is 0.220 e. The molecule has 1 aromatic rings. The van der Waals surface area contributed by atoms with Gasteiger partial charge < -0.3 is 14.8 Å². The average molecular weight is 298 g/mol. The standard InChI is InChI=1S/C15H20ClNO3/c16-13-6-4-12(5-7-13)2-1-3-15(18)17-10-14-11-19-8-9-20-14/h4-7,14H,1-3,8-11H2,(H,17,18). The normalized spacial score (nSPS) is 18.8. The highest BCUT2D eigenvalue weighted by atomic mass is 35.5. The van der Waals surface area contributed by atoms with Crippen molar-refractivity contribution >= 4 is 17.5 Å². The second-order valence-electron chi connectivity index (χ2n) is 4.85. The fourth-order valence-electron chi connectivity index (χ4n) is 2.07. The predicted molar refractivity (Wildman–Crippen MR) is 78.0 cm³/mol. The third-order valence-corrected chi connectivity index (χ3v) is 3.45. The summed E-state index contributed by atoms with van der Waals surface area (Å²) in [5.41, 5.74) is 1.20. The van der Waals surface area contributed by atoms with Gasteiger partial charge in [0.05, 0.1) is 25.9 Å². The van der Waals surface area contributed by atoms with Crippen LogP contribution in [0.1, 0.15) is 18.4 Å². The zero-order valence-electron chi connectivity index (χ0n) is 11.4. The molecular weight excluding hydrogens is 278 g/mol. The zero-order valence-corrected chi connectivity index (χ0v) is 12.2. The number of carbonyl (C=O) groups excluding carboxylic acids is 1. The first kappa shape index (κ1) is 15.3. The van der Waals surface area contributed by atoms with E-state index in [-0.39, 0.29) is 12.0 Å². The molecule has 1 fully saturated rings. The summed E-state index contributed by atoms with van der Waals surface area (Å²) in [7, 11) is 0. The quantitative estimate of drug-likeness (QED) is 0.875. The van der Waals surface area contributed by atoms with Crippen LogP contribution in [0.3, 0.4) is 0 Å². The van der Waals surface area contributed by atoms with Gasteiger partial charge in [0.2, 0.25) is 5.91 Å². The Kier molecular flexibility index (Phi) is 6.30. The van der Waals surface area contributed by atoms with Crippen molar-refractivity contribution < 1.29 is 14.3 Å². The molecule has 1 atom stereocenters. The van der Waals surface area contributed by atoms with E-state index in [1.165, 1.54) is 5.56 Å². The summed E-state index contributed by atoms with van der Waals surface area (Å²) >= 11 is 5.83. The molecule has 0 radical (unpaired) electrons. The van der Waals surface area contributed by atoms with Gasteiger partial charge in [-0.1, -0.05) is 23.7 Å². The van der Waals surface area contributed by atoms with Crippen molar-refractivity contribution in [3.63, 3.8) is 0 Å². The molecule has 2 rings (SSSR count). The van der Waals surface area contributed by atoms with Gasteiger partial charge in [0.1, 0.15) is 0 Å². The molecule has 20 heavy (non-hydrogen) atoms. The van der Waals surface area contributed by atoms with E-state index in [2.05, 4.69) is 5.32 Å². The molecule has 1 aliphatic rings. The molecule has 110 valence electrons. The molecule has 0 spiro atoms. The van der Waals surface area contributed by atoms with Gasteiger partial charge in [-0.05, 0) is 30.5 Å². The van der Waals surface area contributed by atoms with Gasteiger partial charge in [-0.2, -0.15) is 0 Å². The molecule has 0 aromatic heterocycles. The average Bonchev–Trinajstić information content (AvgIpc) is 2.48. The maximum absolute atomic E-state index is 11.7. The van der Waals surface area contributed by atoms with E-state index in [9.17, 15) is 4.79 Å². The second kappa shape index (κ2) is 8.25. The lowest BCUT2D eigenvalue weighted by atomic mass is 10.1. The van der Waals surface area contributed by atoms with Crippen molar-refractivity contribution in [1.82, 2.24) is 5.32 Å². The monoisotopic (exact) mass is 297 g/mol. The molecular formula is C15H20ClNO3. The van der Waals surface area contributed by atoms with Crippen LogP contribution in [-0.4, -0.2) is 38.4 Å². The number of hydrogen-bond acceptors (Lipinski definition) is 3. The minimum atomic E-state index is -0.0102. The fraction of sp³-hybridized carbons (Fsp3) is 0.533. The summed E-state index contributed by atoms with van der Waals surface area (Å²) < 4.78 is 10.7.